The number of carbonyl (C=O) groups excluding carboxylic acids is 1. The van der Waals surface area contributed by atoms with Crippen LogP contribution in [0, 0.1) is 0 Å². The van der Waals surface area contributed by atoms with Gasteiger partial charge in [-0.15, -0.1) is 0 Å². The van der Waals surface area contributed by atoms with Gasteiger partial charge in [0.2, 0.25) is 0 Å². The summed E-state index contributed by atoms with van der Waals surface area (Å²) >= 11 is 0. The SMILES string of the molecule is O=C(NCCc1ccccn1)Nc1ccc(S(=O)(=O)C2CCCC2)cc1. The Kier molecular flexibility index (Phi) is 5.88. The van der Waals surface area contributed by atoms with Gasteiger partial charge in [0.1, 0.15) is 0 Å². The van der Waals surface area contributed by atoms with Crippen LogP contribution in [0.25, 0.3) is 0 Å². The molecule has 7 heteroatoms. The van der Waals surface area contributed by atoms with Crippen molar-refractivity contribution in [1.29, 1.82) is 0 Å². The second-order valence-corrected chi connectivity index (χ2v) is 8.66. The minimum Gasteiger partial charge on any atom is -0.337 e. The number of hydrogen-bond donors (Lipinski definition) is 2. The van der Waals surface area contributed by atoms with Crippen molar-refractivity contribution >= 4 is 21.6 Å². The van der Waals surface area contributed by atoms with Gasteiger partial charge in [0.25, 0.3) is 0 Å². The third-order valence-corrected chi connectivity index (χ3v) is 6.85. The van der Waals surface area contributed by atoms with Crippen molar-refractivity contribution in [2.45, 2.75) is 42.2 Å². The molecule has 3 rings (SSSR count). The van der Waals surface area contributed by atoms with Crippen molar-refractivity contribution in [3.05, 3.63) is 54.4 Å². The molecule has 0 atom stereocenters. The smallest absolute Gasteiger partial charge is 0.319 e. The number of benzene rings is 1. The van der Waals surface area contributed by atoms with Crippen LogP contribution in [-0.4, -0.2) is 31.2 Å². The highest BCUT2D eigenvalue weighted by Crippen LogP contribution is 2.29. The fraction of sp³-hybridized carbons (Fsp3) is 0.368. The van der Waals surface area contributed by atoms with E-state index >= 15 is 0 Å². The Morgan fingerprint density at radius 3 is 2.46 bits per heavy atom. The zero-order valence-electron chi connectivity index (χ0n) is 14.5. The third kappa shape index (κ3) is 4.60. The number of pyridine rings is 1. The predicted octanol–water partition coefficient (Wildman–Crippen LogP) is 3.16. The van der Waals surface area contributed by atoms with Gasteiger partial charge in [0.15, 0.2) is 9.84 Å². The summed E-state index contributed by atoms with van der Waals surface area (Å²) in [5, 5.41) is 5.20. The van der Waals surface area contributed by atoms with Gasteiger partial charge < -0.3 is 10.6 Å². The molecule has 26 heavy (non-hydrogen) atoms. The summed E-state index contributed by atoms with van der Waals surface area (Å²) in [5.41, 5.74) is 1.47. The number of nitrogens with one attached hydrogen (secondary N) is 2. The molecule has 1 saturated carbocycles. The Labute approximate surface area is 154 Å². The highest BCUT2D eigenvalue weighted by Gasteiger charge is 2.30. The zero-order valence-corrected chi connectivity index (χ0v) is 15.3. The molecule has 1 aromatic carbocycles. The van der Waals surface area contributed by atoms with Crippen LogP contribution in [-0.2, 0) is 16.3 Å². The number of carbonyl (C=O) groups is 1. The van der Waals surface area contributed by atoms with E-state index in [1.165, 1.54) is 0 Å². The molecule has 1 aliphatic carbocycles. The van der Waals surface area contributed by atoms with Crippen LogP contribution in [0.4, 0.5) is 10.5 Å². The van der Waals surface area contributed by atoms with E-state index in [4.69, 9.17) is 0 Å². The molecule has 2 aromatic rings. The van der Waals surface area contributed by atoms with Crippen molar-refractivity contribution in [3.63, 3.8) is 0 Å². The van der Waals surface area contributed by atoms with E-state index in [2.05, 4.69) is 15.6 Å². The van der Waals surface area contributed by atoms with Crippen molar-refractivity contribution < 1.29 is 13.2 Å². The maximum absolute atomic E-state index is 12.5. The first-order chi connectivity index (χ1) is 12.6. The molecule has 0 radical (unpaired) electrons. The number of hydrogen-bond acceptors (Lipinski definition) is 4. The van der Waals surface area contributed by atoms with Gasteiger partial charge >= 0.3 is 6.03 Å². The van der Waals surface area contributed by atoms with Gasteiger partial charge in [0.05, 0.1) is 10.1 Å². The molecule has 6 nitrogen and oxygen atoms in total. The summed E-state index contributed by atoms with van der Waals surface area (Å²) in [6, 6.07) is 11.7. The molecule has 0 aliphatic heterocycles. The largest absolute Gasteiger partial charge is 0.337 e. The maximum atomic E-state index is 12.5. The van der Waals surface area contributed by atoms with Gasteiger partial charge in [0, 0.05) is 30.5 Å². The highest BCUT2D eigenvalue weighted by atomic mass is 32.2. The molecule has 1 heterocycles. The van der Waals surface area contributed by atoms with Crippen LogP contribution in [0.5, 0.6) is 0 Å². The molecular formula is C19H23N3O3S. The summed E-state index contributed by atoms with van der Waals surface area (Å²) in [6.45, 7) is 0.469. The zero-order chi connectivity index (χ0) is 18.4. The monoisotopic (exact) mass is 373 g/mol. The molecule has 2 N–H and O–H groups in total. The lowest BCUT2D eigenvalue weighted by atomic mass is 10.3. The molecule has 138 valence electrons. The fourth-order valence-electron chi connectivity index (χ4n) is 3.14. The van der Waals surface area contributed by atoms with E-state index in [9.17, 15) is 13.2 Å². The third-order valence-electron chi connectivity index (χ3n) is 4.57. The first kappa shape index (κ1) is 18.4. The predicted molar refractivity (Wildman–Crippen MR) is 101 cm³/mol. The number of rotatable bonds is 6. The van der Waals surface area contributed by atoms with Gasteiger partial charge in [-0.3, -0.25) is 4.98 Å². The van der Waals surface area contributed by atoms with E-state index < -0.39 is 9.84 Å². The van der Waals surface area contributed by atoms with Crippen LogP contribution in [0.2, 0.25) is 0 Å². The molecule has 1 fully saturated rings. The van der Waals surface area contributed by atoms with Crippen LogP contribution >= 0.6 is 0 Å². The molecule has 0 spiro atoms. The van der Waals surface area contributed by atoms with Crippen LogP contribution in [0.1, 0.15) is 31.4 Å². The fourth-order valence-corrected chi connectivity index (χ4v) is 5.00. The first-order valence-electron chi connectivity index (χ1n) is 8.84. The van der Waals surface area contributed by atoms with Crippen molar-refractivity contribution in [1.82, 2.24) is 10.3 Å². The maximum Gasteiger partial charge on any atom is 0.319 e. The minimum atomic E-state index is -3.26. The summed E-state index contributed by atoms with van der Waals surface area (Å²) in [6.07, 6.45) is 5.79. The molecule has 0 saturated heterocycles. The minimum absolute atomic E-state index is 0.267. The van der Waals surface area contributed by atoms with E-state index in [0.717, 1.165) is 31.4 Å². The van der Waals surface area contributed by atoms with Crippen LogP contribution in [0.15, 0.2) is 53.6 Å². The van der Waals surface area contributed by atoms with E-state index in [1.807, 2.05) is 18.2 Å². The Morgan fingerprint density at radius 2 is 1.81 bits per heavy atom. The molecular weight excluding hydrogens is 350 g/mol. The number of nitrogens with zero attached hydrogens (tertiary/aromatic N) is 1. The van der Waals surface area contributed by atoms with Gasteiger partial charge in [-0.05, 0) is 49.2 Å². The molecule has 2 amide bonds. The first-order valence-corrected chi connectivity index (χ1v) is 10.4. The Morgan fingerprint density at radius 1 is 1.08 bits per heavy atom. The van der Waals surface area contributed by atoms with Crippen molar-refractivity contribution in [2.75, 3.05) is 11.9 Å². The van der Waals surface area contributed by atoms with Crippen LogP contribution in [0.3, 0.4) is 0 Å². The summed E-state index contributed by atoms with van der Waals surface area (Å²) in [4.78, 5) is 16.5. The second-order valence-electron chi connectivity index (χ2n) is 6.43. The quantitative estimate of drug-likeness (QED) is 0.814. The summed E-state index contributed by atoms with van der Waals surface area (Å²) < 4.78 is 25.1. The Bertz CT molecular complexity index is 830. The average molecular weight is 373 g/mol. The molecule has 1 aliphatic rings. The van der Waals surface area contributed by atoms with E-state index in [-0.39, 0.29) is 11.3 Å². The van der Waals surface area contributed by atoms with Gasteiger partial charge in [-0.2, -0.15) is 0 Å². The van der Waals surface area contributed by atoms with E-state index in [1.54, 1.807) is 30.5 Å². The van der Waals surface area contributed by atoms with E-state index in [0.29, 0.717) is 23.5 Å². The number of amides is 2. The van der Waals surface area contributed by atoms with Crippen LogP contribution < -0.4 is 10.6 Å². The lowest BCUT2D eigenvalue weighted by Gasteiger charge is -2.12. The summed E-state index contributed by atoms with van der Waals surface area (Å²) in [7, 11) is -3.26. The molecule has 0 bridgehead atoms. The topological polar surface area (TPSA) is 88.2 Å². The van der Waals surface area contributed by atoms with Crippen molar-refractivity contribution in [3.8, 4) is 0 Å². The highest BCUT2D eigenvalue weighted by molar-refractivity contribution is 7.92. The number of anilines is 1. The lowest BCUT2D eigenvalue weighted by molar-refractivity contribution is 0.252. The van der Waals surface area contributed by atoms with Crippen molar-refractivity contribution in [2.24, 2.45) is 0 Å². The van der Waals surface area contributed by atoms with Gasteiger partial charge in [-0.25, -0.2) is 13.2 Å². The summed E-state index contributed by atoms with van der Waals surface area (Å²) in [5.74, 6) is 0. The normalized spacial score (nSPS) is 14.9. The van der Waals surface area contributed by atoms with Gasteiger partial charge in [-0.1, -0.05) is 18.9 Å². The molecule has 1 aromatic heterocycles. The average Bonchev–Trinajstić information content (AvgIpc) is 3.19. The second kappa shape index (κ2) is 8.31. The Balaban J connectivity index is 1.51. The number of sulfone groups is 1. The Hall–Kier alpha value is -2.41. The number of urea groups is 1. The standard InChI is InChI=1S/C19H23N3O3S/c23-19(21-14-12-15-5-3-4-13-20-15)22-16-8-10-18(11-9-16)26(24,25)17-6-1-2-7-17/h3-5,8-11,13,17H,1-2,6-7,12,14H2,(H2,21,22,23). The lowest BCUT2D eigenvalue weighted by Crippen LogP contribution is -2.30. The number of aromatic nitrogens is 1. The molecule has 0 unspecified atom stereocenters.